The summed E-state index contributed by atoms with van der Waals surface area (Å²) in [5, 5.41) is 13.2. The van der Waals surface area contributed by atoms with E-state index in [4.69, 9.17) is 11.6 Å². The molecule has 0 spiro atoms. The fourth-order valence-corrected chi connectivity index (χ4v) is 4.22. The van der Waals surface area contributed by atoms with Gasteiger partial charge in [-0.3, -0.25) is 9.59 Å². The quantitative estimate of drug-likeness (QED) is 0.453. The SMILES string of the molecule is CC1(C(=O)O)CC=C(c2nn(C(=O)c3c(Cl)cccc3C(F)(F)F)c3cccc(F)c23)CC1. The van der Waals surface area contributed by atoms with Gasteiger partial charge in [-0.2, -0.15) is 23.0 Å². The average molecular weight is 481 g/mol. The van der Waals surface area contributed by atoms with Crippen molar-refractivity contribution in [3.63, 3.8) is 0 Å². The number of nitrogens with zero attached hydrogens (tertiary/aromatic N) is 2. The van der Waals surface area contributed by atoms with Crippen LogP contribution in [0.5, 0.6) is 0 Å². The number of alkyl halides is 3. The highest BCUT2D eigenvalue weighted by Crippen LogP contribution is 2.41. The van der Waals surface area contributed by atoms with E-state index in [-0.39, 0.29) is 35.9 Å². The van der Waals surface area contributed by atoms with Gasteiger partial charge in [0.1, 0.15) is 5.82 Å². The predicted octanol–water partition coefficient (Wildman–Crippen LogP) is 6.19. The van der Waals surface area contributed by atoms with Gasteiger partial charge in [-0.05, 0) is 56.0 Å². The van der Waals surface area contributed by atoms with Crippen molar-refractivity contribution in [1.82, 2.24) is 9.78 Å². The van der Waals surface area contributed by atoms with Gasteiger partial charge in [0.25, 0.3) is 5.91 Å². The van der Waals surface area contributed by atoms with E-state index in [1.807, 2.05) is 0 Å². The molecule has 5 nitrogen and oxygen atoms in total. The van der Waals surface area contributed by atoms with Crippen LogP contribution in [-0.2, 0) is 11.0 Å². The standard InChI is InChI=1S/C23H17ClF4N2O3/c1-22(21(32)33)10-8-12(9-11-22)19-18-15(25)6-3-7-16(18)30(29-19)20(31)17-13(23(26,27)28)4-2-5-14(17)24/h2-8H,9-11H2,1H3,(H,32,33). The number of fused-ring (bicyclic) bond motifs is 1. The van der Waals surface area contributed by atoms with Crippen LogP contribution in [0.15, 0.2) is 42.5 Å². The number of allylic oxidation sites excluding steroid dienone is 2. The van der Waals surface area contributed by atoms with Crippen LogP contribution < -0.4 is 0 Å². The Bertz CT molecular complexity index is 1330. The number of carboxylic acids is 1. The number of hydrogen-bond acceptors (Lipinski definition) is 3. The first-order valence-corrected chi connectivity index (χ1v) is 10.3. The van der Waals surface area contributed by atoms with Crippen LogP contribution in [0.3, 0.4) is 0 Å². The third kappa shape index (κ3) is 3.90. The first kappa shape index (κ1) is 23.0. The highest BCUT2D eigenvalue weighted by atomic mass is 35.5. The van der Waals surface area contributed by atoms with Crippen LogP contribution in [0.25, 0.3) is 16.5 Å². The minimum atomic E-state index is -4.85. The summed E-state index contributed by atoms with van der Waals surface area (Å²) < 4.78 is 56.2. The number of aliphatic carboxylic acids is 1. The van der Waals surface area contributed by atoms with E-state index >= 15 is 0 Å². The summed E-state index contributed by atoms with van der Waals surface area (Å²) in [6.45, 7) is 1.60. The lowest BCUT2D eigenvalue weighted by Crippen LogP contribution is -2.29. The smallest absolute Gasteiger partial charge is 0.417 e. The van der Waals surface area contributed by atoms with Crippen molar-refractivity contribution >= 4 is 40.0 Å². The summed E-state index contributed by atoms with van der Waals surface area (Å²) in [4.78, 5) is 24.8. The van der Waals surface area contributed by atoms with Crippen LogP contribution in [0.1, 0.15) is 47.8 Å². The van der Waals surface area contributed by atoms with Gasteiger partial charge in [-0.15, -0.1) is 0 Å². The minimum Gasteiger partial charge on any atom is -0.481 e. The molecular formula is C23H17ClF4N2O3. The Hall–Kier alpha value is -3.20. The molecule has 0 saturated heterocycles. The van der Waals surface area contributed by atoms with Gasteiger partial charge >= 0.3 is 12.1 Å². The summed E-state index contributed by atoms with van der Waals surface area (Å²) in [7, 11) is 0. The van der Waals surface area contributed by atoms with Crippen LogP contribution >= 0.6 is 11.6 Å². The zero-order valence-corrected chi connectivity index (χ0v) is 18.0. The van der Waals surface area contributed by atoms with E-state index < -0.39 is 45.4 Å². The number of carbonyl (C=O) groups excluding carboxylic acids is 1. The Morgan fingerprint density at radius 3 is 2.48 bits per heavy atom. The van der Waals surface area contributed by atoms with E-state index in [1.54, 1.807) is 13.0 Å². The van der Waals surface area contributed by atoms with Crippen LogP contribution in [0, 0.1) is 11.2 Å². The summed E-state index contributed by atoms with van der Waals surface area (Å²) in [6, 6.07) is 6.84. The van der Waals surface area contributed by atoms with Crippen molar-refractivity contribution in [1.29, 1.82) is 0 Å². The number of rotatable bonds is 3. The van der Waals surface area contributed by atoms with Gasteiger partial charge in [0.05, 0.1) is 38.2 Å². The number of aromatic nitrogens is 2. The van der Waals surface area contributed by atoms with Crippen LogP contribution in [0.2, 0.25) is 5.02 Å². The Balaban J connectivity index is 1.90. The van der Waals surface area contributed by atoms with Crippen molar-refractivity contribution in [3.05, 3.63) is 70.1 Å². The fraction of sp³-hybridized carbons (Fsp3) is 0.261. The minimum absolute atomic E-state index is 0.0180. The molecule has 1 heterocycles. The second-order valence-electron chi connectivity index (χ2n) is 8.16. The van der Waals surface area contributed by atoms with E-state index in [2.05, 4.69) is 5.10 Å². The molecule has 1 N–H and O–H groups in total. The van der Waals surface area contributed by atoms with Crippen molar-refractivity contribution in [2.24, 2.45) is 5.41 Å². The Morgan fingerprint density at radius 2 is 1.88 bits per heavy atom. The molecule has 10 heteroatoms. The zero-order valence-electron chi connectivity index (χ0n) is 17.2. The molecule has 0 saturated carbocycles. The normalized spacial score (nSPS) is 18.9. The molecule has 1 aliphatic rings. The lowest BCUT2D eigenvalue weighted by Gasteiger charge is -2.28. The van der Waals surface area contributed by atoms with Crippen molar-refractivity contribution in [2.75, 3.05) is 0 Å². The number of hydrogen-bond donors (Lipinski definition) is 1. The molecule has 4 rings (SSSR count). The number of carboxylic acid groups (broad SMARTS) is 1. The first-order chi connectivity index (χ1) is 15.4. The molecule has 0 radical (unpaired) electrons. The maximum absolute atomic E-state index is 14.8. The van der Waals surface area contributed by atoms with Crippen molar-refractivity contribution < 1.29 is 32.3 Å². The molecule has 1 unspecified atom stereocenters. The lowest BCUT2D eigenvalue weighted by atomic mass is 9.76. The van der Waals surface area contributed by atoms with Crippen molar-refractivity contribution in [3.8, 4) is 0 Å². The van der Waals surface area contributed by atoms with E-state index in [9.17, 15) is 32.3 Å². The number of carbonyl (C=O) groups is 2. The first-order valence-electron chi connectivity index (χ1n) is 9.94. The topological polar surface area (TPSA) is 72.2 Å². The molecule has 33 heavy (non-hydrogen) atoms. The summed E-state index contributed by atoms with van der Waals surface area (Å²) in [5.74, 6) is -2.82. The molecular weight excluding hydrogens is 464 g/mol. The van der Waals surface area contributed by atoms with Gasteiger partial charge in [0.15, 0.2) is 0 Å². The van der Waals surface area contributed by atoms with Gasteiger partial charge in [0.2, 0.25) is 0 Å². The molecule has 1 atom stereocenters. The summed E-state index contributed by atoms with van der Waals surface area (Å²) >= 11 is 5.98. The molecule has 172 valence electrons. The Labute approximate surface area is 190 Å². The summed E-state index contributed by atoms with van der Waals surface area (Å²) in [5.41, 5.74) is -2.42. The summed E-state index contributed by atoms with van der Waals surface area (Å²) in [6.07, 6.45) is -2.56. The highest BCUT2D eigenvalue weighted by molar-refractivity contribution is 6.34. The zero-order chi connectivity index (χ0) is 24.1. The van der Waals surface area contributed by atoms with E-state index in [1.165, 1.54) is 12.1 Å². The second kappa shape index (κ2) is 7.98. The van der Waals surface area contributed by atoms with Gasteiger partial charge in [-0.25, -0.2) is 4.39 Å². The third-order valence-electron chi connectivity index (χ3n) is 5.95. The average Bonchev–Trinajstić information content (AvgIpc) is 3.14. The predicted molar refractivity (Wildman–Crippen MR) is 113 cm³/mol. The Kier molecular flexibility index (Phi) is 5.56. The monoisotopic (exact) mass is 480 g/mol. The molecule has 1 aromatic heterocycles. The van der Waals surface area contributed by atoms with Gasteiger partial charge in [-0.1, -0.05) is 29.8 Å². The molecule has 0 fully saturated rings. The fourth-order valence-electron chi connectivity index (χ4n) is 3.96. The largest absolute Gasteiger partial charge is 0.481 e. The maximum Gasteiger partial charge on any atom is 0.417 e. The van der Waals surface area contributed by atoms with Crippen LogP contribution in [-0.4, -0.2) is 26.8 Å². The van der Waals surface area contributed by atoms with Gasteiger partial charge in [0, 0.05) is 0 Å². The Morgan fingerprint density at radius 1 is 1.18 bits per heavy atom. The van der Waals surface area contributed by atoms with E-state index in [0.717, 1.165) is 28.9 Å². The lowest BCUT2D eigenvalue weighted by molar-refractivity contribution is -0.148. The molecule has 0 bridgehead atoms. The molecule has 0 aliphatic heterocycles. The number of benzene rings is 2. The van der Waals surface area contributed by atoms with Crippen LogP contribution in [0.4, 0.5) is 17.6 Å². The van der Waals surface area contributed by atoms with Crippen molar-refractivity contribution in [2.45, 2.75) is 32.4 Å². The van der Waals surface area contributed by atoms with Gasteiger partial charge < -0.3 is 5.11 Å². The second-order valence-corrected chi connectivity index (χ2v) is 8.57. The molecule has 0 amide bonds. The maximum atomic E-state index is 14.8. The third-order valence-corrected chi connectivity index (χ3v) is 6.26. The molecule has 1 aliphatic carbocycles. The molecule has 2 aromatic carbocycles. The highest BCUT2D eigenvalue weighted by Gasteiger charge is 2.38. The number of halogens is 5. The van der Waals surface area contributed by atoms with E-state index in [0.29, 0.717) is 5.57 Å². The molecule has 3 aromatic rings.